The maximum atomic E-state index is 11.2. The smallest absolute Gasteiger partial charge is 0.356 e. The second kappa shape index (κ2) is 3.73. The van der Waals surface area contributed by atoms with Gasteiger partial charge in [-0.05, 0) is 12.8 Å². The van der Waals surface area contributed by atoms with Gasteiger partial charge in [-0.25, -0.2) is 9.78 Å². The van der Waals surface area contributed by atoms with Crippen LogP contribution in [0.25, 0.3) is 0 Å². The second-order valence-electron chi connectivity index (χ2n) is 3.72. The molecule has 0 aromatic carbocycles. The van der Waals surface area contributed by atoms with E-state index in [4.69, 9.17) is 5.11 Å². The highest BCUT2D eigenvalue weighted by Gasteiger charge is 2.27. The van der Waals surface area contributed by atoms with Crippen molar-refractivity contribution in [2.24, 2.45) is 0 Å². The molecular weight excluding hydrogens is 214 g/mol. The molecule has 1 fully saturated rings. The van der Waals surface area contributed by atoms with Gasteiger partial charge in [0.25, 0.3) is 0 Å². The highest BCUT2D eigenvalue weighted by Crippen LogP contribution is 2.39. The summed E-state index contributed by atoms with van der Waals surface area (Å²) in [7, 11) is 0. The van der Waals surface area contributed by atoms with Crippen LogP contribution in [0, 0.1) is 0 Å². The molecule has 0 bridgehead atoms. The predicted octanol–water partition coefficient (Wildman–Crippen LogP) is 2.31. The van der Waals surface area contributed by atoms with E-state index >= 15 is 0 Å². The van der Waals surface area contributed by atoms with Gasteiger partial charge >= 0.3 is 5.97 Å². The Morgan fingerprint density at radius 3 is 2.47 bits per heavy atom. The van der Waals surface area contributed by atoms with Crippen molar-refractivity contribution < 1.29 is 14.7 Å². The van der Waals surface area contributed by atoms with E-state index in [0.29, 0.717) is 5.92 Å². The van der Waals surface area contributed by atoms with Gasteiger partial charge in [0, 0.05) is 12.8 Å². The maximum absolute atomic E-state index is 11.2. The van der Waals surface area contributed by atoms with Crippen LogP contribution in [0.2, 0.25) is 0 Å². The lowest BCUT2D eigenvalue weighted by atomic mass is 9.86. The van der Waals surface area contributed by atoms with Crippen LogP contribution in [0.15, 0.2) is 0 Å². The summed E-state index contributed by atoms with van der Waals surface area (Å²) in [5, 5.41) is 9.70. The minimum absolute atomic E-state index is 0.0746. The largest absolute Gasteiger partial charge is 0.476 e. The van der Waals surface area contributed by atoms with Crippen LogP contribution in [0.1, 0.15) is 57.3 Å². The van der Waals surface area contributed by atoms with Crippen molar-refractivity contribution in [3.8, 4) is 0 Å². The van der Waals surface area contributed by atoms with Crippen LogP contribution in [-0.2, 0) is 0 Å². The first-order valence-electron chi connectivity index (χ1n) is 4.84. The molecule has 1 N–H and O–H groups in total. The highest BCUT2D eigenvalue weighted by molar-refractivity contribution is 7.14. The molecule has 4 nitrogen and oxygen atoms in total. The maximum Gasteiger partial charge on any atom is 0.356 e. The number of thiazole rings is 1. The average molecular weight is 225 g/mol. The molecule has 1 aromatic rings. The molecule has 0 saturated heterocycles. The van der Waals surface area contributed by atoms with Gasteiger partial charge in [-0.1, -0.05) is 6.42 Å². The van der Waals surface area contributed by atoms with Gasteiger partial charge in [0.15, 0.2) is 11.5 Å². The molecule has 0 amide bonds. The molecule has 0 spiro atoms. The van der Waals surface area contributed by atoms with Gasteiger partial charge in [-0.3, -0.25) is 4.79 Å². The first-order chi connectivity index (χ1) is 7.09. The third-order valence-electron chi connectivity index (χ3n) is 2.62. The Bertz CT molecular complexity index is 389. The molecule has 1 saturated carbocycles. The van der Waals surface area contributed by atoms with Crippen molar-refractivity contribution in [2.45, 2.75) is 32.1 Å². The fourth-order valence-corrected chi connectivity index (χ4v) is 2.67. The molecule has 0 atom stereocenters. The lowest BCUT2D eigenvalue weighted by molar-refractivity contribution is 0.0686. The van der Waals surface area contributed by atoms with Crippen molar-refractivity contribution in [1.82, 2.24) is 4.98 Å². The van der Waals surface area contributed by atoms with E-state index in [1.165, 1.54) is 24.7 Å². The number of carboxylic acid groups (broad SMARTS) is 1. The van der Waals surface area contributed by atoms with Gasteiger partial charge in [-0.15, -0.1) is 11.3 Å². The third kappa shape index (κ3) is 1.79. The quantitative estimate of drug-likeness (QED) is 0.801. The lowest BCUT2D eigenvalue weighted by Gasteiger charge is -2.22. The second-order valence-corrected chi connectivity index (χ2v) is 4.75. The number of hydrogen-bond acceptors (Lipinski definition) is 4. The molecule has 0 radical (unpaired) electrons. The number of carbonyl (C=O) groups excluding carboxylic acids is 1. The minimum Gasteiger partial charge on any atom is -0.476 e. The Balaban J connectivity index is 2.39. The van der Waals surface area contributed by atoms with Gasteiger partial charge in [0.1, 0.15) is 4.88 Å². The first-order valence-corrected chi connectivity index (χ1v) is 5.66. The number of Topliss-reactive ketones (excluding diaryl/α,β-unsaturated/α-hetero) is 1. The Labute approximate surface area is 91.0 Å². The van der Waals surface area contributed by atoms with Crippen LogP contribution in [0.3, 0.4) is 0 Å². The van der Waals surface area contributed by atoms with E-state index in [1.54, 1.807) is 0 Å². The Kier molecular flexibility index (Phi) is 2.56. The fraction of sp³-hybridized carbons (Fsp3) is 0.500. The summed E-state index contributed by atoms with van der Waals surface area (Å²) in [6.45, 7) is 1.38. The molecule has 0 unspecified atom stereocenters. The van der Waals surface area contributed by atoms with E-state index in [1.807, 2.05) is 0 Å². The molecule has 1 aliphatic carbocycles. The van der Waals surface area contributed by atoms with Gasteiger partial charge in [0.05, 0.1) is 5.01 Å². The number of hydrogen-bond donors (Lipinski definition) is 1. The molecule has 15 heavy (non-hydrogen) atoms. The summed E-state index contributed by atoms with van der Waals surface area (Å²) >= 11 is 1.24. The standard InChI is InChI=1S/C10H11NO3S/c1-5(12)8-7(10(13)14)11-9(15-8)6-3-2-4-6/h6H,2-4H2,1H3,(H,13,14). The molecular formula is C10H11NO3S. The summed E-state index contributed by atoms with van der Waals surface area (Å²) in [5.74, 6) is -0.946. The number of nitrogens with zero attached hydrogens (tertiary/aromatic N) is 1. The van der Waals surface area contributed by atoms with E-state index < -0.39 is 5.97 Å². The monoisotopic (exact) mass is 225 g/mol. The highest BCUT2D eigenvalue weighted by atomic mass is 32.1. The molecule has 2 rings (SSSR count). The number of carbonyl (C=O) groups is 2. The number of aromatic carboxylic acids is 1. The van der Waals surface area contributed by atoms with Crippen LogP contribution in [0.4, 0.5) is 0 Å². The van der Waals surface area contributed by atoms with Crippen molar-refractivity contribution in [2.75, 3.05) is 0 Å². The molecule has 1 heterocycles. The number of ketones is 1. The molecule has 1 aliphatic rings. The molecule has 5 heteroatoms. The summed E-state index contributed by atoms with van der Waals surface area (Å²) in [4.78, 5) is 26.4. The van der Waals surface area contributed by atoms with Crippen LogP contribution in [-0.4, -0.2) is 21.8 Å². The Morgan fingerprint density at radius 1 is 1.47 bits per heavy atom. The topological polar surface area (TPSA) is 67.3 Å². The van der Waals surface area contributed by atoms with Crippen molar-refractivity contribution >= 4 is 23.1 Å². The van der Waals surface area contributed by atoms with Crippen molar-refractivity contribution in [3.05, 3.63) is 15.6 Å². The zero-order chi connectivity index (χ0) is 11.0. The van der Waals surface area contributed by atoms with Crippen molar-refractivity contribution in [3.63, 3.8) is 0 Å². The van der Waals surface area contributed by atoms with E-state index in [2.05, 4.69) is 4.98 Å². The number of rotatable bonds is 3. The summed E-state index contributed by atoms with van der Waals surface area (Å²) in [6, 6.07) is 0. The normalized spacial score (nSPS) is 16.1. The SMILES string of the molecule is CC(=O)c1sc(C2CCC2)nc1C(=O)O. The third-order valence-corrected chi connectivity index (χ3v) is 3.94. The first kappa shape index (κ1) is 10.3. The van der Waals surface area contributed by atoms with Crippen LogP contribution < -0.4 is 0 Å². The van der Waals surface area contributed by atoms with E-state index in [9.17, 15) is 9.59 Å². The van der Waals surface area contributed by atoms with E-state index in [0.717, 1.165) is 17.8 Å². The van der Waals surface area contributed by atoms with Crippen molar-refractivity contribution in [1.29, 1.82) is 0 Å². The number of carboxylic acids is 1. The molecule has 0 aliphatic heterocycles. The van der Waals surface area contributed by atoms with Gasteiger partial charge < -0.3 is 5.11 Å². The fourth-order valence-electron chi connectivity index (χ4n) is 1.55. The van der Waals surface area contributed by atoms with Crippen LogP contribution >= 0.6 is 11.3 Å². The average Bonchev–Trinajstić information content (AvgIpc) is 2.45. The predicted molar refractivity (Wildman–Crippen MR) is 55.7 cm³/mol. The Hall–Kier alpha value is -1.23. The summed E-state index contributed by atoms with van der Waals surface area (Å²) in [6.07, 6.45) is 3.29. The Morgan fingerprint density at radius 2 is 2.13 bits per heavy atom. The molecule has 1 aromatic heterocycles. The van der Waals surface area contributed by atoms with Gasteiger partial charge in [-0.2, -0.15) is 0 Å². The summed E-state index contributed by atoms with van der Waals surface area (Å²) in [5.41, 5.74) is -0.0746. The zero-order valence-electron chi connectivity index (χ0n) is 8.32. The minimum atomic E-state index is -1.11. The molecule has 80 valence electrons. The van der Waals surface area contributed by atoms with Gasteiger partial charge in [0.2, 0.25) is 0 Å². The van der Waals surface area contributed by atoms with Crippen LogP contribution in [0.5, 0.6) is 0 Å². The zero-order valence-corrected chi connectivity index (χ0v) is 9.13. The number of aromatic nitrogens is 1. The van der Waals surface area contributed by atoms with E-state index in [-0.39, 0.29) is 16.4 Å². The lowest BCUT2D eigenvalue weighted by Crippen LogP contribution is -2.09. The summed E-state index contributed by atoms with van der Waals surface area (Å²) < 4.78 is 0.